The van der Waals surface area contributed by atoms with Crippen LogP contribution in [0, 0.1) is 13.8 Å². The molecule has 0 fully saturated rings. The SMILES string of the molecule is Cc1nc2c(-c3ccccc3)c(C)nn2c(Cl)c1C(C)C. The largest absolute Gasteiger partial charge is 0.233 e. The van der Waals surface area contributed by atoms with E-state index in [0.717, 1.165) is 33.7 Å². The highest BCUT2D eigenvalue weighted by Crippen LogP contribution is 2.33. The molecule has 0 atom stereocenters. The topological polar surface area (TPSA) is 30.2 Å². The summed E-state index contributed by atoms with van der Waals surface area (Å²) in [5, 5.41) is 5.26. The first-order valence-corrected chi connectivity index (χ1v) is 7.49. The summed E-state index contributed by atoms with van der Waals surface area (Å²) < 4.78 is 1.77. The predicted molar refractivity (Wildman–Crippen MR) is 87.0 cm³/mol. The molecule has 0 saturated heterocycles. The Hall–Kier alpha value is -1.87. The number of rotatable bonds is 2. The van der Waals surface area contributed by atoms with Crippen LogP contribution in [0.4, 0.5) is 0 Å². The molecule has 2 aromatic heterocycles. The van der Waals surface area contributed by atoms with E-state index in [1.807, 2.05) is 32.0 Å². The highest BCUT2D eigenvalue weighted by Gasteiger charge is 2.19. The van der Waals surface area contributed by atoms with E-state index in [9.17, 15) is 0 Å². The Morgan fingerprint density at radius 3 is 2.33 bits per heavy atom. The number of hydrogen-bond donors (Lipinski definition) is 0. The molecule has 0 radical (unpaired) electrons. The third kappa shape index (κ3) is 2.22. The van der Waals surface area contributed by atoms with Crippen molar-refractivity contribution in [1.29, 1.82) is 0 Å². The van der Waals surface area contributed by atoms with Gasteiger partial charge < -0.3 is 0 Å². The molecule has 3 aromatic rings. The minimum absolute atomic E-state index is 0.319. The summed E-state index contributed by atoms with van der Waals surface area (Å²) in [6.07, 6.45) is 0. The molecule has 0 saturated carbocycles. The van der Waals surface area contributed by atoms with E-state index in [0.29, 0.717) is 11.1 Å². The molecule has 0 bridgehead atoms. The summed E-state index contributed by atoms with van der Waals surface area (Å²) in [5.41, 5.74) is 5.97. The van der Waals surface area contributed by atoms with Crippen molar-refractivity contribution in [3.05, 3.63) is 52.4 Å². The molecule has 0 unspecified atom stereocenters. The maximum atomic E-state index is 6.58. The molecule has 2 heterocycles. The minimum atomic E-state index is 0.319. The molecule has 3 rings (SSSR count). The van der Waals surface area contributed by atoms with Gasteiger partial charge >= 0.3 is 0 Å². The zero-order chi connectivity index (χ0) is 15.1. The van der Waals surface area contributed by atoms with Crippen LogP contribution in [0.3, 0.4) is 0 Å². The molecule has 3 nitrogen and oxygen atoms in total. The van der Waals surface area contributed by atoms with Gasteiger partial charge in [-0.15, -0.1) is 0 Å². The first kappa shape index (κ1) is 14.1. The molecule has 1 aromatic carbocycles. The first-order valence-electron chi connectivity index (χ1n) is 7.11. The second kappa shape index (κ2) is 5.15. The molecule has 0 amide bonds. The van der Waals surface area contributed by atoms with E-state index in [1.165, 1.54) is 0 Å². The number of fused-ring (bicyclic) bond motifs is 1. The van der Waals surface area contributed by atoms with Crippen molar-refractivity contribution in [1.82, 2.24) is 14.6 Å². The summed E-state index contributed by atoms with van der Waals surface area (Å²) >= 11 is 6.58. The Balaban J connectivity index is 2.37. The minimum Gasteiger partial charge on any atom is -0.233 e. The lowest BCUT2D eigenvalue weighted by atomic mass is 10.0. The number of benzene rings is 1. The second-order valence-corrected chi connectivity index (χ2v) is 5.98. The molecular formula is C17H18ClN3. The van der Waals surface area contributed by atoms with Gasteiger partial charge in [0.05, 0.1) is 5.69 Å². The monoisotopic (exact) mass is 299 g/mol. The van der Waals surface area contributed by atoms with Gasteiger partial charge in [0.15, 0.2) is 5.65 Å². The Labute approximate surface area is 129 Å². The van der Waals surface area contributed by atoms with Gasteiger partial charge in [0.2, 0.25) is 0 Å². The van der Waals surface area contributed by atoms with Gasteiger partial charge in [0.1, 0.15) is 5.15 Å². The van der Waals surface area contributed by atoms with E-state index in [-0.39, 0.29) is 0 Å². The standard InChI is InChI=1S/C17H18ClN3/c1-10(2)14-11(3)19-17-15(13-8-6-5-7-9-13)12(4)20-21(17)16(14)18/h5-10H,1-4H3. The first-order chi connectivity index (χ1) is 10.0. The zero-order valence-electron chi connectivity index (χ0n) is 12.7. The van der Waals surface area contributed by atoms with Crippen molar-refractivity contribution in [3.63, 3.8) is 0 Å². The zero-order valence-corrected chi connectivity index (χ0v) is 13.4. The quantitative estimate of drug-likeness (QED) is 0.637. The van der Waals surface area contributed by atoms with E-state index < -0.39 is 0 Å². The van der Waals surface area contributed by atoms with Crippen LogP contribution in [0.5, 0.6) is 0 Å². The Kier molecular flexibility index (Phi) is 3.46. The second-order valence-electron chi connectivity index (χ2n) is 5.62. The molecule has 0 aliphatic carbocycles. The van der Waals surface area contributed by atoms with Crippen molar-refractivity contribution >= 4 is 17.2 Å². The van der Waals surface area contributed by atoms with Gasteiger partial charge in [-0.2, -0.15) is 5.10 Å². The normalized spacial score (nSPS) is 11.5. The fourth-order valence-electron chi connectivity index (χ4n) is 2.84. The summed E-state index contributed by atoms with van der Waals surface area (Å²) in [7, 11) is 0. The van der Waals surface area contributed by atoms with Gasteiger partial charge in [-0.05, 0) is 25.3 Å². The maximum Gasteiger partial charge on any atom is 0.165 e. The van der Waals surface area contributed by atoms with Crippen LogP contribution in [-0.2, 0) is 0 Å². The van der Waals surface area contributed by atoms with Crippen LogP contribution in [-0.4, -0.2) is 14.6 Å². The molecular weight excluding hydrogens is 282 g/mol. The van der Waals surface area contributed by atoms with Crippen molar-refractivity contribution in [2.45, 2.75) is 33.6 Å². The number of nitrogens with zero attached hydrogens (tertiary/aromatic N) is 3. The summed E-state index contributed by atoms with van der Waals surface area (Å²) in [6.45, 7) is 8.25. The Morgan fingerprint density at radius 1 is 1.05 bits per heavy atom. The average Bonchev–Trinajstić information content (AvgIpc) is 2.76. The molecule has 0 N–H and O–H groups in total. The molecule has 0 aliphatic heterocycles. The van der Waals surface area contributed by atoms with Crippen LogP contribution in [0.1, 0.15) is 36.7 Å². The number of hydrogen-bond acceptors (Lipinski definition) is 2. The molecule has 21 heavy (non-hydrogen) atoms. The van der Waals surface area contributed by atoms with Crippen molar-refractivity contribution in [3.8, 4) is 11.1 Å². The lowest BCUT2D eigenvalue weighted by molar-refractivity contribution is 0.804. The summed E-state index contributed by atoms with van der Waals surface area (Å²) in [5.74, 6) is 0.319. The van der Waals surface area contributed by atoms with Crippen molar-refractivity contribution in [2.75, 3.05) is 0 Å². The summed E-state index contributed by atoms with van der Waals surface area (Å²) in [6, 6.07) is 10.2. The number of halogens is 1. The van der Waals surface area contributed by atoms with Crippen LogP contribution in [0.2, 0.25) is 5.15 Å². The van der Waals surface area contributed by atoms with Gasteiger partial charge in [-0.1, -0.05) is 55.8 Å². The average molecular weight is 300 g/mol. The number of aromatic nitrogens is 3. The Morgan fingerprint density at radius 2 is 1.71 bits per heavy atom. The van der Waals surface area contributed by atoms with Gasteiger partial charge in [-0.25, -0.2) is 9.50 Å². The fraction of sp³-hybridized carbons (Fsp3) is 0.294. The van der Waals surface area contributed by atoms with Gasteiger partial charge in [0.25, 0.3) is 0 Å². The van der Waals surface area contributed by atoms with Crippen LogP contribution < -0.4 is 0 Å². The number of aryl methyl sites for hydroxylation is 2. The molecule has 0 spiro atoms. The predicted octanol–water partition coefficient (Wildman–Crippen LogP) is 4.79. The maximum absolute atomic E-state index is 6.58. The molecule has 0 aliphatic rings. The Bertz CT molecular complexity index is 804. The van der Waals surface area contributed by atoms with Crippen LogP contribution >= 0.6 is 11.6 Å². The van der Waals surface area contributed by atoms with E-state index in [1.54, 1.807) is 4.52 Å². The van der Waals surface area contributed by atoms with Gasteiger partial charge in [0, 0.05) is 16.8 Å². The van der Waals surface area contributed by atoms with E-state index >= 15 is 0 Å². The highest BCUT2D eigenvalue weighted by atomic mass is 35.5. The smallest absolute Gasteiger partial charge is 0.165 e. The van der Waals surface area contributed by atoms with Gasteiger partial charge in [-0.3, -0.25) is 0 Å². The molecule has 108 valence electrons. The van der Waals surface area contributed by atoms with Crippen LogP contribution in [0.15, 0.2) is 30.3 Å². The van der Waals surface area contributed by atoms with Crippen LogP contribution in [0.25, 0.3) is 16.8 Å². The third-order valence-corrected chi connectivity index (χ3v) is 4.11. The van der Waals surface area contributed by atoms with E-state index in [4.69, 9.17) is 16.6 Å². The fourth-order valence-corrected chi connectivity index (χ4v) is 3.31. The van der Waals surface area contributed by atoms with Crippen molar-refractivity contribution < 1.29 is 0 Å². The lowest BCUT2D eigenvalue weighted by Crippen LogP contribution is -2.04. The summed E-state index contributed by atoms with van der Waals surface area (Å²) in [4.78, 5) is 4.77. The van der Waals surface area contributed by atoms with E-state index in [2.05, 4.69) is 31.1 Å². The third-order valence-electron chi connectivity index (χ3n) is 3.75. The lowest BCUT2D eigenvalue weighted by Gasteiger charge is -2.12. The highest BCUT2D eigenvalue weighted by molar-refractivity contribution is 6.30. The molecule has 4 heteroatoms. The van der Waals surface area contributed by atoms with Crippen molar-refractivity contribution in [2.24, 2.45) is 0 Å².